The first-order chi connectivity index (χ1) is 15.5. The maximum Gasteiger partial charge on any atom is 0.379 e. The van der Waals surface area contributed by atoms with Gasteiger partial charge in [-0.15, -0.1) is 11.3 Å². The minimum Gasteiger partial charge on any atom is -0.385 e. The van der Waals surface area contributed by atoms with Gasteiger partial charge in [-0.05, 0) is 32.0 Å². The number of thiazole rings is 1. The first-order valence-electron chi connectivity index (χ1n) is 10.0. The van der Waals surface area contributed by atoms with Crippen molar-refractivity contribution in [1.29, 1.82) is 5.26 Å². The van der Waals surface area contributed by atoms with Crippen molar-refractivity contribution in [3.8, 4) is 6.07 Å². The molecule has 2 aromatic rings. The number of carbonyl (C=O) groups is 2. The van der Waals surface area contributed by atoms with Gasteiger partial charge in [-0.1, -0.05) is 32.0 Å². The Morgan fingerprint density at radius 2 is 2.00 bits per heavy atom. The summed E-state index contributed by atoms with van der Waals surface area (Å²) >= 11 is 0.966. The maximum absolute atomic E-state index is 12.8. The fourth-order valence-corrected chi connectivity index (χ4v) is 3.56. The number of rotatable bonds is 6. The van der Waals surface area contributed by atoms with Gasteiger partial charge in [0.1, 0.15) is 21.1 Å². The van der Waals surface area contributed by atoms with Crippen molar-refractivity contribution in [3.63, 3.8) is 0 Å². The van der Waals surface area contributed by atoms with E-state index in [-0.39, 0.29) is 38.6 Å². The van der Waals surface area contributed by atoms with Crippen LogP contribution in [0.4, 0.5) is 11.4 Å². The highest BCUT2D eigenvalue weighted by Crippen LogP contribution is 2.20. The van der Waals surface area contributed by atoms with Gasteiger partial charge in [0.15, 0.2) is 5.57 Å². The van der Waals surface area contributed by atoms with Gasteiger partial charge in [0.2, 0.25) is 5.91 Å². The zero-order valence-electron chi connectivity index (χ0n) is 19.1. The number of carbonyl (C=O) groups excluding carboxylic acids is 2. The van der Waals surface area contributed by atoms with Gasteiger partial charge < -0.3 is 21.2 Å². The van der Waals surface area contributed by atoms with E-state index in [0.717, 1.165) is 11.3 Å². The minimum absolute atomic E-state index is 0.0128. The number of anilines is 2. The van der Waals surface area contributed by atoms with Crippen molar-refractivity contribution in [2.45, 2.75) is 41.2 Å². The van der Waals surface area contributed by atoms with E-state index in [1.807, 2.05) is 20.8 Å². The van der Waals surface area contributed by atoms with Crippen LogP contribution in [0.1, 0.15) is 34.6 Å². The topological polar surface area (TPSA) is 152 Å². The van der Waals surface area contributed by atoms with Crippen LogP contribution in [0.3, 0.4) is 0 Å². The summed E-state index contributed by atoms with van der Waals surface area (Å²) in [4.78, 5) is 41.9. The van der Waals surface area contributed by atoms with Crippen molar-refractivity contribution in [2.75, 3.05) is 10.6 Å². The number of nitrogens with two attached hydrogens (primary N) is 1. The molecule has 0 spiro atoms. The Morgan fingerprint density at radius 1 is 1.33 bits per heavy atom. The Hall–Kier alpha value is -3.91. The maximum atomic E-state index is 12.8. The molecule has 1 aromatic carbocycles. The smallest absolute Gasteiger partial charge is 0.379 e. The molecule has 0 saturated carbocycles. The van der Waals surface area contributed by atoms with E-state index in [1.165, 1.54) is 17.7 Å². The number of hydrogen-bond donors (Lipinski definition) is 3. The Morgan fingerprint density at radius 3 is 2.58 bits per heavy atom. The number of amides is 1. The molecule has 174 valence electrons. The number of oxime groups is 1. The largest absolute Gasteiger partial charge is 0.385 e. The van der Waals surface area contributed by atoms with Crippen LogP contribution in [-0.2, 0) is 21.0 Å². The van der Waals surface area contributed by atoms with Crippen LogP contribution >= 0.6 is 11.3 Å². The van der Waals surface area contributed by atoms with Crippen LogP contribution in [0.25, 0.3) is 11.8 Å². The number of benzene rings is 1. The number of nitriles is 1. The molecule has 0 saturated heterocycles. The third kappa shape index (κ3) is 6.54. The standard InChI is InChI=1S/C22H26N6O4S/c1-6-28-18(29)17(33-19(28)16(11-23)20(30)32-27-13(2)24)12-25-14-8-7-9-15(10-14)26-21(31)22(3,4)5/h7-10,12,25H,6H2,1-5H3,(H2,24,27)(H,26,31)/b17-12+,19-16-. The minimum atomic E-state index is -1.01. The monoisotopic (exact) mass is 470 g/mol. The summed E-state index contributed by atoms with van der Waals surface area (Å²) in [6, 6.07) is 8.79. The summed E-state index contributed by atoms with van der Waals surface area (Å²) < 4.78 is 1.73. The van der Waals surface area contributed by atoms with Crippen molar-refractivity contribution < 1.29 is 14.4 Å². The number of aromatic nitrogens is 1. The lowest BCUT2D eigenvalue weighted by atomic mass is 9.95. The molecule has 11 heteroatoms. The zero-order chi connectivity index (χ0) is 24.8. The van der Waals surface area contributed by atoms with E-state index < -0.39 is 11.4 Å². The second-order valence-corrected chi connectivity index (χ2v) is 9.02. The molecule has 33 heavy (non-hydrogen) atoms. The van der Waals surface area contributed by atoms with E-state index in [0.29, 0.717) is 11.4 Å². The highest BCUT2D eigenvalue weighted by molar-refractivity contribution is 7.07. The molecule has 0 bridgehead atoms. The Labute approximate surface area is 194 Å². The first-order valence-corrected chi connectivity index (χ1v) is 10.8. The van der Waals surface area contributed by atoms with Gasteiger partial charge in [-0.25, -0.2) is 4.79 Å². The fraction of sp³-hybridized carbons (Fsp3) is 0.318. The average molecular weight is 471 g/mol. The molecule has 0 radical (unpaired) electrons. The third-order valence-electron chi connectivity index (χ3n) is 4.20. The summed E-state index contributed by atoms with van der Waals surface area (Å²) in [7, 11) is 0. The van der Waals surface area contributed by atoms with Gasteiger partial charge >= 0.3 is 5.97 Å². The van der Waals surface area contributed by atoms with Crippen LogP contribution in [-0.4, -0.2) is 22.3 Å². The van der Waals surface area contributed by atoms with E-state index in [9.17, 15) is 19.6 Å². The molecular weight excluding hydrogens is 444 g/mol. The lowest BCUT2D eigenvalue weighted by molar-refractivity contribution is -0.136. The first kappa shape index (κ1) is 25.4. The molecule has 0 unspecified atom stereocenters. The molecule has 2 rings (SSSR count). The van der Waals surface area contributed by atoms with Crippen LogP contribution in [0, 0.1) is 16.7 Å². The summed E-state index contributed by atoms with van der Waals surface area (Å²) in [5.41, 5.74) is 5.32. The van der Waals surface area contributed by atoms with Crippen molar-refractivity contribution in [3.05, 3.63) is 43.8 Å². The normalized spacial score (nSPS) is 13.2. The summed E-state index contributed by atoms with van der Waals surface area (Å²) in [6.07, 6.45) is 1.48. The van der Waals surface area contributed by atoms with Gasteiger partial charge in [-0.3, -0.25) is 14.2 Å². The molecule has 1 amide bonds. The van der Waals surface area contributed by atoms with Crippen LogP contribution < -0.4 is 31.1 Å². The van der Waals surface area contributed by atoms with Crippen molar-refractivity contribution in [1.82, 2.24) is 4.57 Å². The average Bonchev–Trinajstić information content (AvgIpc) is 3.06. The van der Waals surface area contributed by atoms with Gasteiger partial charge in [-0.2, -0.15) is 5.26 Å². The molecule has 0 fully saturated rings. The van der Waals surface area contributed by atoms with Crippen molar-refractivity contribution in [2.24, 2.45) is 16.3 Å². The SMILES string of the molecule is CCn1c(=O)/c(=C\Nc2cccc(NC(=O)C(C)(C)C)c2)s/c1=C(/C#N)C(=O)O/N=C(\C)N. The number of amidine groups is 1. The van der Waals surface area contributed by atoms with Crippen LogP contribution in [0.5, 0.6) is 0 Å². The molecule has 0 aliphatic rings. The quantitative estimate of drug-likeness (QED) is 0.249. The summed E-state index contributed by atoms with van der Waals surface area (Å²) in [5, 5.41) is 18.7. The molecule has 1 heterocycles. The van der Waals surface area contributed by atoms with Crippen LogP contribution in [0.15, 0.2) is 34.2 Å². The molecule has 0 aliphatic carbocycles. The van der Waals surface area contributed by atoms with Gasteiger partial charge in [0.25, 0.3) is 5.56 Å². The third-order valence-corrected chi connectivity index (χ3v) is 5.33. The lowest BCUT2D eigenvalue weighted by Gasteiger charge is -2.18. The molecule has 0 aliphatic heterocycles. The van der Waals surface area contributed by atoms with Crippen molar-refractivity contribution >= 4 is 52.2 Å². The predicted molar refractivity (Wildman–Crippen MR) is 129 cm³/mol. The van der Waals surface area contributed by atoms with Crippen LogP contribution in [0.2, 0.25) is 0 Å². The van der Waals surface area contributed by atoms with E-state index in [1.54, 1.807) is 37.3 Å². The molecule has 4 N–H and O–H groups in total. The second kappa shape index (κ2) is 10.6. The number of hydrogen-bond acceptors (Lipinski definition) is 8. The molecule has 0 atom stereocenters. The fourth-order valence-electron chi connectivity index (χ4n) is 2.49. The highest BCUT2D eigenvalue weighted by atomic mass is 32.1. The summed E-state index contributed by atoms with van der Waals surface area (Å²) in [5.74, 6) is -1.12. The van der Waals surface area contributed by atoms with Gasteiger partial charge in [0.05, 0.1) is 0 Å². The second-order valence-electron chi connectivity index (χ2n) is 7.99. The highest BCUT2D eigenvalue weighted by Gasteiger charge is 2.21. The number of nitrogens with zero attached hydrogens (tertiary/aromatic N) is 3. The van der Waals surface area contributed by atoms with E-state index in [2.05, 4.69) is 20.6 Å². The molecular formula is C22H26N6O4S. The van der Waals surface area contributed by atoms with E-state index in [4.69, 9.17) is 5.73 Å². The Kier molecular flexibility index (Phi) is 8.15. The molecule has 1 aromatic heterocycles. The number of nitrogens with one attached hydrogen (secondary N) is 2. The summed E-state index contributed by atoms with van der Waals surface area (Å²) in [6.45, 7) is 8.84. The zero-order valence-corrected chi connectivity index (χ0v) is 19.9. The lowest BCUT2D eigenvalue weighted by Crippen LogP contribution is -2.32. The predicted octanol–water partition coefficient (Wildman–Crippen LogP) is 1.27. The Balaban J connectivity index is 2.44. The van der Waals surface area contributed by atoms with E-state index >= 15 is 0 Å². The Bertz CT molecular complexity index is 1300. The molecule has 10 nitrogen and oxygen atoms in total. The van der Waals surface area contributed by atoms with Gasteiger partial charge in [0, 0.05) is 29.5 Å².